The second-order valence-electron chi connectivity index (χ2n) is 5.91. The summed E-state index contributed by atoms with van der Waals surface area (Å²) < 4.78 is 19.1. The topological polar surface area (TPSA) is 41.5 Å². The maximum Gasteiger partial charge on any atom is 0.218 e. The van der Waals surface area contributed by atoms with E-state index in [-0.39, 0.29) is 0 Å². The van der Waals surface area contributed by atoms with Gasteiger partial charge in [-0.15, -0.1) is 0 Å². The van der Waals surface area contributed by atoms with Crippen LogP contribution in [0.2, 0.25) is 0 Å². The highest BCUT2D eigenvalue weighted by atomic mass is 19.1. The summed E-state index contributed by atoms with van der Waals surface area (Å²) in [6, 6.07) is 11.9. The van der Waals surface area contributed by atoms with Gasteiger partial charge in [-0.1, -0.05) is 30.3 Å². The van der Waals surface area contributed by atoms with Crippen LogP contribution in [0.1, 0.15) is 12.0 Å². The molecule has 1 aliphatic rings. The van der Waals surface area contributed by atoms with E-state index in [0.717, 1.165) is 39.1 Å². The van der Waals surface area contributed by atoms with Crippen LogP contribution in [0.5, 0.6) is 0 Å². The third kappa shape index (κ3) is 4.97. The lowest BCUT2D eigenvalue weighted by atomic mass is 10.2. The second-order valence-corrected chi connectivity index (χ2v) is 5.91. The number of benzene rings is 1. The molecule has 24 heavy (non-hydrogen) atoms. The highest BCUT2D eigenvalue weighted by Gasteiger charge is 2.13. The van der Waals surface area contributed by atoms with Crippen molar-refractivity contribution >= 4 is 5.82 Å². The first-order valence-corrected chi connectivity index (χ1v) is 8.38. The van der Waals surface area contributed by atoms with Crippen LogP contribution < -0.4 is 4.90 Å². The Morgan fingerprint density at radius 1 is 1.00 bits per heavy atom. The molecule has 0 N–H and O–H groups in total. The van der Waals surface area contributed by atoms with E-state index in [1.165, 1.54) is 18.0 Å². The molecule has 0 amide bonds. The third-order valence-electron chi connectivity index (χ3n) is 4.15. The van der Waals surface area contributed by atoms with E-state index in [4.69, 9.17) is 4.74 Å². The molecule has 6 heteroatoms. The van der Waals surface area contributed by atoms with Gasteiger partial charge in [0.15, 0.2) is 0 Å². The maximum absolute atomic E-state index is 13.3. The Hall–Kier alpha value is -2.05. The van der Waals surface area contributed by atoms with Gasteiger partial charge in [-0.05, 0) is 12.0 Å². The van der Waals surface area contributed by atoms with Gasteiger partial charge in [0.2, 0.25) is 5.95 Å². The smallest absolute Gasteiger partial charge is 0.218 e. The Kier molecular flexibility index (Phi) is 6.09. The molecular weight excluding hydrogens is 307 g/mol. The Morgan fingerprint density at radius 2 is 1.83 bits per heavy atom. The molecule has 0 saturated carbocycles. The monoisotopic (exact) mass is 330 g/mol. The van der Waals surface area contributed by atoms with Crippen LogP contribution >= 0.6 is 0 Å². The summed E-state index contributed by atoms with van der Waals surface area (Å²) in [6.07, 6.45) is 2.27. The summed E-state index contributed by atoms with van der Waals surface area (Å²) in [6.45, 7) is 5.69. The first-order valence-electron chi connectivity index (χ1n) is 8.38. The van der Waals surface area contributed by atoms with Crippen LogP contribution in [0, 0.1) is 5.95 Å². The predicted molar refractivity (Wildman–Crippen MR) is 91.4 cm³/mol. The average molecular weight is 330 g/mol. The van der Waals surface area contributed by atoms with E-state index in [1.807, 2.05) is 6.07 Å². The molecule has 5 nitrogen and oxygen atoms in total. The predicted octanol–water partition coefficient (Wildman–Crippen LogP) is 2.34. The van der Waals surface area contributed by atoms with E-state index >= 15 is 0 Å². The molecule has 0 bridgehead atoms. The van der Waals surface area contributed by atoms with E-state index in [1.54, 1.807) is 0 Å². The number of rotatable bonds is 3. The number of nitrogens with zero attached hydrogens (tertiary/aromatic N) is 4. The highest BCUT2D eigenvalue weighted by molar-refractivity contribution is 5.36. The standard InChI is InChI=1S/C18H23FN4O/c19-17-13-18(21-15-20-17)23-8-4-7-22(9-11-24-12-10-23)14-16-5-2-1-3-6-16/h1-3,5-6,13,15H,4,7-12,14H2. The highest BCUT2D eigenvalue weighted by Crippen LogP contribution is 2.12. The lowest BCUT2D eigenvalue weighted by Gasteiger charge is -2.28. The van der Waals surface area contributed by atoms with Gasteiger partial charge >= 0.3 is 0 Å². The fraction of sp³-hybridized carbons (Fsp3) is 0.444. The maximum atomic E-state index is 13.3. The van der Waals surface area contributed by atoms with Gasteiger partial charge in [-0.25, -0.2) is 9.97 Å². The van der Waals surface area contributed by atoms with Crippen molar-refractivity contribution in [2.75, 3.05) is 44.3 Å². The molecule has 1 saturated heterocycles. The van der Waals surface area contributed by atoms with Crippen LogP contribution in [0.3, 0.4) is 0 Å². The van der Waals surface area contributed by atoms with Crippen LogP contribution in [-0.2, 0) is 11.3 Å². The Labute approximate surface area is 142 Å². The van der Waals surface area contributed by atoms with Gasteiger partial charge in [0.05, 0.1) is 13.2 Å². The van der Waals surface area contributed by atoms with Crippen LogP contribution in [0.4, 0.5) is 10.2 Å². The van der Waals surface area contributed by atoms with E-state index in [9.17, 15) is 4.39 Å². The molecule has 1 fully saturated rings. The van der Waals surface area contributed by atoms with Crippen LogP contribution in [-0.4, -0.2) is 54.3 Å². The van der Waals surface area contributed by atoms with Crippen LogP contribution in [0.15, 0.2) is 42.7 Å². The van der Waals surface area contributed by atoms with Gasteiger partial charge < -0.3 is 9.64 Å². The molecule has 3 rings (SSSR count). The fourth-order valence-electron chi connectivity index (χ4n) is 2.91. The van der Waals surface area contributed by atoms with Crippen LogP contribution in [0.25, 0.3) is 0 Å². The van der Waals surface area contributed by atoms with Crippen molar-refractivity contribution in [3.05, 3.63) is 54.2 Å². The molecule has 2 aromatic rings. The molecule has 1 aliphatic heterocycles. The largest absolute Gasteiger partial charge is 0.378 e. The minimum Gasteiger partial charge on any atom is -0.378 e. The lowest BCUT2D eigenvalue weighted by Crippen LogP contribution is -2.36. The summed E-state index contributed by atoms with van der Waals surface area (Å²) in [5.74, 6) is 0.130. The molecule has 1 aromatic carbocycles. The summed E-state index contributed by atoms with van der Waals surface area (Å²) in [4.78, 5) is 12.2. The molecule has 0 unspecified atom stereocenters. The zero-order chi connectivity index (χ0) is 16.6. The van der Waals surface area contributed by atoms with Gasteiger partial charge in [0.25, 0.3) is 0 Å². The summed E-state index contributed by atoms with van der Waals surface area (Å²) >= 11 is 0. The second kappa shape index (κ2) is 8.70. The van der Waals surface area contributed by atoms with Crippen molar-refractivity contribution in [3.63, 3.8) is 0 Å². The zero-order valence-electron chi connectivity index (χ0n) is 13.8. The quantitative estimate of drug-likeness (QED) is 0.808. The number of ether oxygens (including phenoxy) is 1. The van der Waals surface area contributed by atoms with Crippen molar-refractivity contribution in [1.82, 2.24) is 14.9 Å². The van der Waals surface area contributed by atoms with Crippen molar-refractivity contribution in [1.29, 1.82) is 0 Å². The van der Waals surface area contributed by atoms with E-state index in [2.05, 4.69) is 44.0 Å². The zero-order valence-corrected chi connectivity index (χ0v) is 13.8. The molecule has 2 heterocycles. The summed E-state index contributed by atoms with van der Waals surface area (Å²) in [5.41, 5.74) is 1.31. The fourth-order valence-corrected chi connectivity index (χ4v) is 2.91. The lowest BCUT2D eigenvalue weighted by molar-refractivity contribution is 0.100. The molecular formula is C18H23FN4O. The van der Waals surface area contributed by atoms with Crippen molar-refractivity contribution in [2.24, 2.45) is 0 Å². The summed E-state index contributed by atoms with van der Waals surface area (Å²) in [5, 5.41) is 0. The molecule has 1 aromatic heterocycles. The number of aromatic nitrogens is 2. The van der Waals surface area contributed by atoms with E-state index < -0.39 is 5.95 Å². The Bertz CT molecular complexity index is 625. The Morgan fingerprint density at radius 3 is 2.67 bits per heavy atom. The number of anilines is 1. The average Bonchev–Trinajstić information content (AvgIpc) is 2.61. The minimum absolute atomic E-state index is 0.497. The van der Waals surface area contributed by atoms with Gasteiger partial charge in [0.1, 0.15) is 12.1 Å². The van der Waals surface area contributed by atoms with Gasteiger partial charge in [-0.2, -0.15) is 4.39 Å². The third-order valence-corrected chi connectivity index (χ3v) is 4.15. The van der Waals surface area contributed by atoms with Crippen molar-refractivity contribution in [2.45, 2.75) is 13.0 Å². The number of halogens is 1. The van der Waals surface area contributed by atoms with Crippen molar-refractivity contribution in [3.8, 4) is 0 Å². The van der Waals surface area contributed by atoms with Gasteiger partial charge in [0, 0.05) is 38.8 Å². The first-order chi connectivity index (χ1) is 11.8. The van der Waals surface area contributed by atoms with E-state index in [0.29, 0.717) is 19.0 Å². The molecule has 0 spiro atoms. The molecule has 0 radical (unpaired) electrons. The normalized spacial score (nSPS) is 17.6. The molecule has 0 atom stereocenters. The molecule has 0 aliphatic carbocycles. The van der Waals surface area contributed by atoms with Crippen molar-refractivity contribution < 1.29 is 9.13 Å². The molecule has 128 valence electrons. The number of hydrogen-bond acceptors (Lipinski definition) is 5. The SMILES string of the molecule is Fc1cc(N2CCCN(Cc3ccccc3)CCOCC2)ncn1. The number of hydrogen-bond donors (Lipinski definition) is 0. The first kappa shape index (κ1) is 16.8. The minimum atomic E-state index is -0.497. The van der Waals surface area contributed by atoms with Gasteiger partial charge in [-0.3, -0.25) is 4.90 Å². The summed E-state index contributed by atoms with van der Waals surface area (Å²) in [7, 11) is 0. The Balaban J connectivity index is 1.60.